The second-order valence-electron chi connectivity index (χ2n) is 6.07. The molecule has 0 saturated carbocycles. The number of hydrogen-bond donors (Lipinski definition) is 2. The van der Waals surface area contributed by atoms with Crippen LogP contribution < -0.4 is 16.0 Å². The Morgan fingerprint density at radius 1 is 0.926 bits per heavy atom. The normalized spacial score (nSPS) is 11.4. The third-order valence-electron chi connectivity index (χ3n) is 4.08. The number of aromatic nitrogens is 2. The summed E-state index contributed by atoms with van der Waals surface area (Å²) in [5.41, 5.74) is -0.0128. The monoisotopic (exact) mass is 385 g/mol. The van der Waals surface area contributed by atoms with E-state index in [-0.39, 0.29) is 18.8 Å². The van der Waals surface area contributed by atoms with Crippen LogP contribution in [0.2, 0.25) is 0 Å². The molecule has 8 heteroatoms. The number of nitrogens with one attached hydrogen (secondary N) is 2. The summed E-state index contributed by atoms with van der Waals surface area (Å²) in [4.78, 5) is 27.0. The maximum atomic E-state index is 12.8. The van der Waals surface area contributed by atoms with Gasteiger partial charge in [-0.2, -0.15) is 0 Å². The molecule has 0 atom stereocenters. The zero-order valence-corrected chi connectivity index (χ0v) is 15.5. The Kier molecular flexibility index (Phi) is 5.38. The average Bonchev–Trinajstić information content (AvgIpc) is 2.65. The number of nitrogens with zero attached hydrogens (tertiary/aromatic N) is 1. The van der Waals surface area contributed by atoms with Gasteiger partial charge in [-0.1, -0.05) is 60.7 Å². The summed E-state index contributed by atoms with van der Waals surface area (Å²) >= 11 is 0. The minimum Gasteiger partial charge on any atom is -0.310 e. The molecule has 0 unspecified atom stereocenters. The van der Waals surface area contributed by atoms with Crippen LogP contribution in [0.15, 0.2) is 75.1 Å². The van der Waals surface area contributed by atoms with Crippen LogP contribution in [0.5, 0.6) is 0 Å². The van der Waals surface area contributed by atoms with E-state index in [1.54, 1.807) is 48.5 Å². The van der Waals surface area contributed by atoms with Gasteiger partial charge in [0.1, 0.15) is 0 Å². The van der Waals surface area contributed by atoms with Gasteiger partial charge in [0, 0.05) is 12.2 Å². The lowest BCUT2D eigenvalue weighted by molar-refractivity contribution is 0.571. The molecule has 0 radical (unpaired) electrons. The van der Waals surface area contributed by atoms with Crippen molar-refractivity contribution in [2.75, 3.05) is 0 Å². The van der Waals surface area contributed by atoms with Gasteiger partial charge in [0.05, 0.1) is 6.54 Å². The van der Waals surface area contributed by atoms with Crippen molar-refractivity contribution < 1.29 is 8.42 Å². The lowest BCUT2D eigenvalue weighted by Crippen LogP contribution is -2.41. The quantitative estimate of drug-likeness (QED) is 0.669. The third-order valence-corrected chi connectivity index (χ3v) is 5.62. The Bertz CT molecular complexity index is 1150. The van der Waals surface area contributed by atoms with Crippen molar-refractivity contribution in [3.63, 3.8) is 0 Å². The minimum absolute atomic E-state index is 0.00914. The van der Waals surface area contributed by atoms with Gasteiger partial charge in [0.15, 0.2) is 4.90 Å². The third kappa shape index (κ3) is 4.24. The number of aryl methyl sites for hydroxylation is 1. The molecule has 27 heavy (non-hydrogen) atoms. The van der Waals surface area contributed by atoms with Gasteiger partial charge in [-0.3, -0.25) is 9.36 Å². The van der Waals surface area contributed by atoms with Gasteiger partial charge >= 0.3 is 5.69 Å². The first kappa shape index (κ1) is 18.8. The summed E-state index contributed by atoms with van der Waals surface area (Å²) in [6.45, 7) is 1.42. The molecule has 0 aliphatic carbocycles. The summed E-state index contributed by atoms with van der Waals surface area (Å²) in [7, 11) is -4.10. The molecule has 3 aromatic rings. The van der Waals surface area contributed by atoms with Gasteiger partial charge in [0.25, 0.3) is 5.56 Å². The summed E-state index contributed by atoms with van der Waals surface area (Å²) in [6.07, 6.45) is 0. The molecule has 0 fully saturated rings. The van der Waals surface area contributed by atoms with Crippen molar-refractivity contribution in [3.8, 4) is 0 Å². The van der Waals surface area contributed by atoms with E-state index in [1.807, 2.05) is 12.1 Å². The summed E-state index contributed by atoms with van der Waals surface area (Å²) in [5.74, 6) is 0. The fourth-order valence-electron chi connectivity index (χ4n) is 2.73. The molecular weight excluding hydrogens is 366 g/mol. The van der Waals surface area contributed by atoms with Crippen LogP contribution in [-0.2, 0) is 23.1 Å². The Labute approximate surface area is 156 Å². The number of benzene rings is 2. The van der Waals surface area contributed by atoms with Crippen LogP contribution in [-0.4, -0.2) is 18.0 Å². The largest absolute Gasteiger partial charge is 0.328 e. The number of sulfonamides is 1. The van der Waals surface area contributed by atoms with Crippen LogP contribution in [0, 0.1) is 6.92 Å². The van der Waals surface area contributed by atoms with E-state index in [0.717, 1.165) is 15.7 Å². The Hall–Kier alpha value is -2.97. The van der Waals surface area contributed by atoms with Gasteiger partial charge in [-0.15, -0.1) is 0 Å². The first-order valence-corrected chi connectivity index (χ1v) is 9.78. The highest BCUT2D eigenvalue weighted by Crippen LogP contribution is 2.08. The van der Waals surface area contributed by atoms with Crippen molar-refractivity contribution in [2.24, 2.45) is 0 Å². The number of rotatable bonds is 6. The standard InChI is InChI=1S/C19H19N3O4S/c1-14-17(27(25,26)20-12-15-8-4-2-5-9-15)18(23)22(19(24)21-14)13-16-10-6-3-7-11-16/h2-11,20H,12-13H2,1H3,(H,21,24). The SMILES string of the molecule is Cc1[nH]c(=O)n(Cc2ccccc2)c(=O)c1S(=O)(=O)NCc1ccccc1. The predicted molar refractivity (Wildman–Crippen MR) is 102 cm³/mol. The predicted octanol–water partition coefficient (Wildman–Crippen LogP) is 1.37. The zero-order valence-electron chi connectivity index (χ0n) is 14.7. The lowest BCUT2D eigenvalue weighted by atomic mass is 10.2. The van der Waals surface area contributed by atoms with Crippen molar-refractivity contribution in [2.45, 2.75) is 24.9 Å². The average molecular weight is 385 g/mol. The summed E-state index contributed by atoms with van der Waals surface area (Å²) in [6, 6.07) is 17.8. The van der Waals surface area contributed by atoms with E-state index in [1.165, 1.54) is 6.92 Å². The second-order valence-corrected chi connectivity index (χ2v) is 7.78. The molecule has 0 aliphatic heterocycles. The summed E-state index contributed by atoms with van der Waals surface area (Å²) < 4.78 is 28.7. The highest BCUT2D eigenvalue weighted by Gasteiger charge is 2.24. The van der Waals surface area contributed by atoms with Crippen molar-refractivity contribution in [1.82, 2.24) is 14.3 Å². The fourth-order valence-corrected chi connectivity index (χ4v) is 4.03. The van der Waals surface area contributed by atoms with Crippen LogP contribution in [0.3, 0.4) is 0 Å². The van der Waals surface area contributed by atoms with Crippen molar-refractivity contribution in [1.29, 1.82) is 0 Å². The molecule has 2 aromatic carbocycles. The maximum absolute atomic E-state index is 12.8. The van der Waals surface area contributed by atoms with E-state index in [0.29, 0.717) is 0 Å². The molecule has 0 amide bonds. The first-order valence-electron chi connectivity index (χ1n) is 8.30. The van der Waals surface area contributed by atoms with Gasteiger partial charge in [0.2, 0.25) is 10.0 Å². The first-order chi connectivity index (χ1) is 12.9. The van der Waals surface area contributed by atoms with Gasteiger partial charge in [-0.25, -0.2) is 17.9 Å². The zero-order chi connectivity index (χ0) is 19.4. The molecule has 2 N–H and O–H groups in total. The van der Waals surface area contributed by atoms with E-state index < -0.39 is 26.2 Å². The fraction of sp³-hybridized carbons (Fsp3) is 0.158. The van der Waals surface area contributed by atoms with Crippen LogP contribution >= 0.6 is 0 Å². The highest BCUT2D eigenvalue weighted by molar-refractivity contribution is 7.89. The van der Waals surface area contributed by atoms with E-state index >= 15 is 0 Å². The van der Waals surface area contributed by atoms with Gasteiger partial charge < -0.3 is 4.98 Å². The highest BCUT2D eigenvalue weighted by atomic mass is 32.2. The van der Waals surface area contributed by atoms with Crippen LogP contribution in [0.4, 0.5) is 0 Å². The van der Waals surface area contributed by atoms with E-state index in [9.17, 15) is 18.0 Å². The van der Waals surface area contributed by atoms with Crippen molar-refractivity contribution >= 4 is 10.0 Å². The molecule has 7 nitrogen and oxygen atoms in total. The molecule has 1 heterocycles. The smallest absolute Gasteiger partial charge is 0.310 e. The number of aromatic amines is 1. The van der Waals surface area contributed by atoms with Crippen molar-refractivity contribution in [3.05, 3.63) is 98.3 Å². The van der Waals surface area contributed by atoms with Crippen LogP contribution in [0.1, 0.15) is 16.8 Å². The number of hydrogen-bond acceptors (Lipinski definition) is 4. The van der Waals surface area contributed by atoms with E-state index in [4.69, 9.17) is 0 Å². The molecular formula is C19H19N3O4S. The molecule has 0 aliphatic rings. The maximum Gasteiger partial charge on any atom is 0.328 e. The van der Waals surface area contributed by atoms with Gasteiger partial charge in [-0.05, 0) is 18.1 Å². The molecule has 0 saturated heterocycles. The topological polar surface area (TPSA) is 101 Å². The molecule has 0 bridgehead atoms. The lowest BCUT2D eigenvalue weighted by Gasteiger charge is -2.12. The van der Waals surface area contributed by atoms with Crippen LogP contribution in [0.25, 0.3) is 0 Å². The number of H-pyrrole nitrogens is 1. The molecule has 3 rings (SSSR count). The summed E-state index contributed by atoms with van der Waals surface area (Å²) in [5, 5.41) is 0. The molecule has 1 aromatic heterocycles. The Balaban J connectivity index is 1.98. The minimum atomic E-state index is -4.10. The Morgan fingerprint density at radius 2 is 1.48 bits per heavy atom. The Morgan fingerprint density at radius 3 is 2.07 bits per heavy atom. The molecule has 140 valence electrons. The molecule has 0 spiro atoms. The van der Waals surface area contributed by atoms with E-state index in [2.05, 4.69) is 9.71 Å². The second kappa shape index (κ2) is 7.73.